The van der Waals surface area contributed by atoms with Crippen LogP contribution in [0.25, 0.3) is 24.3 Å². The monoisotopic (exact) mass is 513 g/mol. The van der Waals surface area contributed by atoms with E-state index in [-0.39, 0.29) is 38.6 Å². The van der Waals surface area contributed by atoms with E-state index >= 15 is 0 Å². The van der Waals surface area contributed by atoms with Gasteiger partial charge in [0.15, 0.2) is 0 Å². The molecule has 0 bridgehead atoms. The summed E-state index contributed by atoms with van der Waals surface area (Å²) in [6.45, 7) is 23.3. The molecule has 2 aromatic rings. The van der Waals surface area contributed by atoms with Crippen LogP contribution in [-0.2, 0) is 32.7 Å². The number of rotatable bonds is 7. The Kier molecular flexibility index (Phi) is 14.1. The van der Waals surface area contributed by atoms with E-state index in [1.165, 1.54) is 0 Å². The molecule has 0 spiro atoms. The van der Waals surface area contributed by atoms with Gasteiger partial charge in [0.25, 0.3) is 0 Å². The van der Waals surface area contributed by atoms with Gasteiger partial charge in [0, 0.05) is 32.7 Å². The fourth-order valence-corrected chi connectivity index (χ4v) is 3.55. The molecule has 2 nitrogen and oxygen atoms in total. The van der Waals surface area contributed by atoms with Crippen molar-refractivity contribution in [1.29, 1.82) is 0 Å². The molecule has 169 valence electrons. The van der Waals surface area contributed by atoms with Crippen LogP contribution in [0.1, 0.15) is 71.8 Å². The zero-order valence-electron chi connectivity index (χ0n) is 20.1. The van der Waals surface area contributed by atoms with Gasteiger partial charge in [-0.25, -0.2) is 4.79 Å². The van der Waals surface area contributed by atoms with Crippen LogP contribution in [-0.4, -0.2) is 11.1 Å². The molecular weight excluding hydrogens is 481 g/mol. The van der Waals surface area contributed by atoms with E-state index in [4.69, 9.17) is 5.11 Å². The summed E-state index contributed by atoms with van der Waals surface area (Å²) >= 11 is 0. The second-order valence-corrected chi connectivity index (χ2v) is 7.20. The molecular formula is C30H32O2Y-2. The smallest absolute Gasteiger partial charge is 0.335 e. The van der Waals surface area contributed by atoms with Crippen LogP contribution >= 0.6 is 0 Å². The fourth-order valence-electron chi connectivity index (χ4n) is 3.55. The summed E-state index contributed by atoms with van der Waals surface area (Å²) < 4.78 is 0. The third kappa shape index (κ3) is 7.49. The average molecular weight is 513 g/mol. The van der Waals surface area contributed by atoms with Crippen molar-refractivity contribution in [2.75, 3.05) is 0 Å². The minimum atomic E-state index is -0.848. The average Bonchev–Trinajstić information content (AvgIpc) is 2.79. The van der Waals surface area contributed by atoms with Crippen LogP contribution < -0.4 is 10.4 Å². The van der Waals surface area contributed by atoms with Crippen LogP contribution in [0.15, 0.2) is 62.7 Å². The molecule has 33 heavy (non-hydrogen) atoms. The Bertz CT molecular complexity index is 1160. The normalized spacial score (nSPS) is 11.4. The van der Waals surface area contributed by atoms with Gasteiger partial charge in [-0.1, -0.05) is 67.3 Å². The van der Waals surface area contributed by atoms with E-state index in [0.717, 1.165) is 38.3 Å². The fraction of sp³-hybridized carbons (Fsp3) is 0.167. The number of allylic oxidation sites excluding steroid dienone is 2. The van der Waals surface area contributed by atoms with Crippen LogP contribution in [0.3, 0.4) is 0 Å². The van der Waals surface area contributed by atoms with Crippen molar-refractivity contribution in [1.82, 2.24) is 0 Å². The van der Waals surface area contributed by atoms with Gasteiger partial charge in [0.05, 0.1) is 5.56 Å². The van der Waals surface area contributed by atoms with Crippen molar-refractivity contribution in [3.8, 4) is 0 Å². The molecule has 2 rings (SSSR count). The van der Waals surface area contributed by atoms with E-state index in [1.807, 2.05) is 64.1 Å². The summed E-state index contributed by atoms with van der Waals surface area (Å²) in [5, 5.41) is 11.0. The number of carboxylic acids is 1. The minimum Gasteiger partial charge on any atom is -0.478 e. The summed E-state index contributed by atoms with van der Waals surface area (Å²) in [6.07, 6.45) is 17.7. The van der Waals surface area contributed by atoms with Crippen molar-refractivity contribution in [3.63, 3.8) is 0 Å². The topological polar surface area (TPSA) is 37.3 Å². The molecule has 0 atom stereocenters. The Morgan fingerprint density at radius 3 is 1.97 bits per heavy atom. The summed E-state index contributed by atoms with van der Waals surface area (Å²) in [5.41, 5.74) is 5.13. The van der Waals surface area contributed by atoms with Gasteiger partial charge in [-0.2, -0.15) is 24.3 Å². The van der Waals surface area contributed by atoms with Crippen molar-refractivity contribution in [2.45, 2.75) is 33.6 Å². The largest absolute Gasteiger partial charge is 0.478 e. The van der Waals surface area contributed by atoms with E-state index < -0.39 is 5.97 Å². The number of carboxylic acid groups (broad SMARTS) is 1. The number of hydrogen-bond donors (Lipinski definition) is 1. The molecule has 0 aliphatic carbocycles. The molecule has 0 saturated carbocycles. The summed E-state index contributed by atoms with van der Waals surface area (Å²) in [6, 6.07) is 7.10. The Morgan fingerprint density at radius 1 is 1.00 bits per heavy atom. The maximum absolute atomic E-state index is 10.7. The molecule has 0 unspecified atom stereocenters. The zero-order valence-corrected chi connectivity index (χ0v) is 23.0. The molecule has 1 N–H and O–H groups in total. The Morgan fingerprint density at radius 2 is 1.58 bits per heavy atom. The number of benzene rings is 2. The van der Waals surface area contributed by atoms with E-state index in [9.17, 15) is 4.79 Å². The van der Waals surface area contributed by atoms with Crippen LogP contribution in [0.4, 0.5) is 0 Å². The van der Waals surface area contributed by atoms with Gasteiger partial charge in [-0.05, 0) is 31.4 Å². The summed E-state index contributed by atoms with van der Waals surface area (Å²) in [4.78, 5) is 10.7. The molecule has 0 aromatic heterocycles. The molecule has 0 saturated heterocycles. The Hall–Kier alpha value is -2.55. The van der Waals surface area contributed by atoms with Crippen molar-refractivity contribution < 1.29 is 42.6 Å². The molecule has 0 fully saturated rings. The quantitative estimate of drug-likeness (QED) is 0.441. The number of hydrogen-bond acceptors (Lipinski definition) is 1. The van der Waals surface area contributed by atoms with Crippen molar-refractivity contribution in [2.24, 2.45) is 0 Å². The molecule has 2 aromatic carbocycles. The second kappa shape index (κ2) is 15.3. The van der Waals surface area contributed by atoms with Crippen molar-refractivity contribution >= 4 is 30.3 Å². The SMILES string of the molecule is C=[C-]c1c([C-]=C)c(/C=C\C)c(=C/C=C)/c(=C\C)c1C=C.CC(C)c1ccccc1C(=O)O.[Y]. The standard InChI is InChI=1S/C20H20.C10H12O2.Y/c1-7-13-19-17(11-5)15(9-3)16(10-4)18(12-6)20(19)14-8-2;1-7(2)8-5-3-4-6-9(8)10(11)12;/h7-9,11,13-14H,1,3-4,6H2,2,5H3;3-7H,1-2H3,(H,11,12);/q-2;;/b14-8-,17-11-,19-13+;;. The first-order valence-corrected chi connectivity index (χ1v) is 10.4. The molecule has 0 amide bonds. The third-order valence-electron chi connectivity index (χ3n) is 4.94. The van der Waals surface area contributed by atoms with Crippen LogP contribution in [0, 0.1) is 12.2 Å². The molecule has 0 aliphatic heterocycles. The van der Waals surface area contributed by atoms with E-state index in [2.05, 4.69) is 44.5 Å². The van der Waals surface area contributed by atoms with Gasteiger partial charge < -0.3 is 5.11 Å². The third-order valence-corrected chi connectivity index (χ3v) is 4.94. The first-order valence-electron chi connectivity index (χ1n) is 10.4. The first kappa shape index (κ1) is 30.5. The molecule has 0 aliphatic rings. The Labute approximate surface area is 224 Å². The second-order valence-electron chi connectivity index (χ2n) is 7.20. The van der Waals surface area contributed by atoms with Crippen molar-refractivity contribution in [3.05, 3.63) is 119 Å². The maximum atomic E-state index is 10.7. The minimum absolute atomic E-state index is 0. The van der Waals surface area contributed by atoms with E-state index in [1.54, 1.807) is 18.2 Å². The van der Waals surface area contributed by atoms with Gasteiger partial charge in [-0.15, -0.1) is 24.8 Å². The zero-order chi connectivity index (χ0) is 24.3. The summed E-state index contributed by atoms with van der Waals surface area (Å²) in [5.74, 6) is -0.586. The van der Waals surface area contributed by atoms with Gasteiger partial charge in [-0.3, -0.25) is 23.3 Å². The Balaban J connectivity index is 0.000000675. The van der Waals surface area contributed by atoms with Gasteiger partial charge >= 0.3 is 5.97 Å². The maximum Gasteiger partial charge on any atom is 0.335 e. The first-order chi connectivity index (χ1) is 15.3. The summed E-state index contributed by atoms with van der Waals surface area (Å²) in [7, 11) is 0. The molecule has 3 heteroatoms. The van der Waals surface area contributed by atoms with Gasteiger partial charge in [0.1, 0.15) is 0 Å². The number of aromatic carboxylic acids is 1. The number of carbonyl (C=O) groups is 1. The predicted molar refractivity (Wildman–Crippen MR) is 139 cm³/mol. The molecule has 1 radical (unpaired) electrons. The van der Waals surface area contributed by atoms with Crippen LogP contribution in [0.5, 0.6) is 0 Å². The molecule has 0 heterocycles. The van der Waals surface area contributed by atoms with Gasteiger partial charge in [0.2, 0.25) is 0 Å². The van der Waals surface area contributed by atoms with E-state index in [0.29, 0.717) is 5.56 Å². The predicted octanol–water partition coefficient (Wildman–Crippen LogP) is 6.31. The van der Waals surface area contributed by atoms with Crippen LogP contribution in [0.2, 0.25) is 0 Å².